The molecule has 2 atom stereocenters. The monoisotopic (exact) mass is 503 g/mol. The Morgan fingerprint density at radius 2 is 1.55 bits per heavy atom. The standard InChI is InChI=1S/C27H26N3O2.BrH/c1-32-24-15-13-23(14-16-24)25-27(31,19-21-9-4-2-5-10-21)30(20-22-11-6-3-7-12-22)26-28-17-8-18-29(25)26;/h2-18,25,31H,19-20H2,1H3;1H/q+1;/p-1. The number of halogens is 1. The van der Waals surface area contributed by atoms with Crippen LogP contribution in [0.5, 0.6) is 5.75 Å². The van der Waals surface area contributed by atoms with E-state index < -0.39 is 5.72 Å². The van der Waals surface area contributed by atoms with Crippen molar-refractivity contribution in [3.05, 3.63) is 120 Å². The van der Waals surface area contributed by atoms with Crippen LogP contribution in [0, 0.1) is 0 Å². The Bertz CT molecular complexity index is 1190. The number of fused-ring (bicyclic) bond motifs is 1. The van der Waals surface area contributed by atoms with Crippen LogP contribution in [0.3, 0.4) is 0 Å². The molecule has 1 aliphatic heterocycles. The zero-order chi connectivity index (χ0) is 22.0. The SMILES string of the molecule is COc1ccc(C2[n+]3cccnc3N(Cc3ccccc3)C2(O)Cc2ccccc2)cc1.[Br-]. The van der Waals surface area contributed by atoms with E-state index in [4.69, 9.17) is 4.74 Å². The van der Waals surface area contributed by atoms with E-state index in [0.29, 0.717) is 13.0 Å². The molecule has 33 heavy (non-hydrogen) atoms. The smallest absolute Gasteiger partial charge is 0.397 e. The number of aromatic nitrogens is 2. The molecule has 168 valence electrons. The highest BCUT2D eigenvalue weighted by molar-refractivity contribution is 5.41. The molecule has 0 amide bonds. The van der Waals surface area contributed by atoms with E-state index in [0.717, 1.165) is 28.4 Å². The molecule has 0 aliphatic carbocycles. The Balaban J connectivity index is 0.00000259. The van der Waals surface area contributed by atoms with E-state index in [1.807, 2.05) is 77.8 Å². The molecule has 6 heteroatoms. The summed E-state index contributed by atoms with van der Waals surface area (Å²) >= 11 is 0. The molecule has 4 aromatic rings. The number of rotatable bonds is 6. The second-order valence-electron chi connectivity index (χ2n) is 8.12. The summed E-state index contributed by atoms with van der Waals surface area (Å²) in [6.45, 7) is 0.549. The first-order valence-corrected chi connectivity index (χ1v) is 10.8. The van der Waals surface area contributed by atoms with Crippen LogP contribution in [0.2, 0.25) is 0 Å². The summed E-state index contributed by atoms with van der Waals surface area (Å²) in [5.74, 6) is 1.53. The third kappa shape index (κ3) is 4.36. The van der Waals surface area contributed by atoms with Gasteiger partial charge in [-0.15, -0.1) is 0 Å². The van der Waals surface area contributed by atoms with Crippen LogP contribution in [0.4, 0.5) is 5.95 Å². The lowest BCUT2D eigenvalue weighted by molar-refractivity contribution is -0.702. The van der Waals surface area contributed by atoms with Crippen molar-refractivity contribution in [2.24, 2.45) is 0 Å². The fourth-order valence-corrected chi connectivity index (χ4v) is 4.60. The van der Waals surface area contributed by atoms with Crippen molar-refractivity contribution in [1.29, 1.82) is 0 Å². The summed E-state index contributed by atoms with van der Waals surface area (Å²) < 4.78 is 7.43. The van der Waals surface area contributed by atoms with Gasteiger partial charge in [0.1, 0.15) is 11.9 Å². The number of hydrogen-bond acceptors (Lipinski definition) is 4. The van der Waals surface area contributed by atoms with Gasteiger partial charge in [0.2, 0.25) is 5.72 Å². The van der Waals surface area contributed by atoms with Crippen molar-refractivity contribution in [3.63, 3.8) is 0 Å². The molecule has 0 bridgehead atoms. The van der Waals surface area contributed by atoms with Gasteiger partial charge in [0.05, 0.1) is 19.9 Å². The predicted molar refractivity (Wildman–Crippen MR) is 123 cm³/mol. The van der Waals surface area contributed by atoms with Gasteiger partial charge in [0, 0.05) is 12.5 Å². The number of ether oxygens (including phenoxy) is 1. The molecule has 0 fully saturated rings. The number of methoxy groups -OCH3 is 1. The van der Waals surface area contributed by atoms with E-state index in [1.54, 1.807) is 13.3 Å². The van der Waals surface area contributed by atoms with Gasteiger partial charge in [-0.25, -0.2) is 9.47 Å². The number of aliphatic hydroxyl groups is 1. The van der Waals surface area contributed by atoms with Gasteiger partial charge in [-0.2, -0.15) is 0 Å². The lowest BCUT2D eigenvalue weighted by Crippen LogP contribution is -3.00. The lowest BCUT2D eigenvalue weighted by Gasteiger charge is -2.33. The van der Waals surface area contributed by atoms with Gasteiger partial charge < -0.3 is 26.8 Å². The minimum Gasteiger partial charge on any atom is -1.00 e. The Labute approximate surface area is 204 Å². The lowest BCUT2D eigenvalue weighted by atomic mass is 9.89. The molecule has 0 radical (unpaired) electrons. The van der Waals surface area contributed by atoms with Crippen LogP contribution in [0.15, 0.2) is 103 Å². The van der Waals surface area contributed by atoms with Gasteiger partial charge in [-0.3, -0.25) is 0 Å². The zero-order valence-electron chi connectivity index (χ0n) is 18.4. The average Bonchev–Trinajstić information content (AvgIpc) is 3.08. The minimum absolute atomic E-state index is 0. The Morgan fingerprint density at radius 1 is 0.909 bits per heavy atom. The van der Waals surface area contributed by atoms with Gasteiger partial charge >= 0.3 is 5.95 Å². The number of hydrogen-bond donors (Lipinski definition) is 1. The largest absolute Gasteiger partial charge is 1.00 e. The van der Waals surface area contributed by atoms with Crippen LogP contribution < -0.4 is 31.2 Å². The highest BCUT2D eigenvalue weighted by atomic mass is 79.9. The summed E-state index contributed by atoms with van der Waals surface area (Å²) in [4.78, 5) is 6.72. The normalized spacial score (nSPS) is 19.0. The fourth-order valence-electron chi connectivity index (χ4n) is 4.60. The van der Waals surface area contributed by atoms with Gasteiger partial charge in [0.15, 0.2) is 6.04 Å². The van der Waals surface area contributed by atoms with Crippen molar-refractivity contribution in [3.8, 4) is 5.75 Å². The number of benzene rings is 3. The molecule has 5 rings (SSSR count). The average molecular weight is 504 g/mol. The second-order valence-corrected chi connectivity index (χ2v) is 8.12. The van der Waals surface area contributed by atoms with Crippen molar-refractivity contribution >= 4 is 5.95 Å². The molecular weight excluding hydrogens is 478 g/mol. The minimum atomic E-state index is -1.22. The predicted octanol–water partition coefficient (Wildman–Crippen LogP) is 0.923. The van der Waals surface area contributed by atoms with Crippen LogP contribution in [0.25, 0.3) is 0 Å². The summed E-state index contributed by atoms with van der Waals surface area (Å²) in [6, 6.07) is 29.9. The topological polar surface area (TPSA) is 49.5 Å². The summed E-state index contributed by atoms with van der Waals surface area (Å²) in [5, 5.41) is 12.5. The molecule has 5 nitrogen and oxygen atoms in total. The zero-order valence-corrected chi connectivity index (χ0v) is 20.0. The molecule has 3 aromatic carbocycles. The van der Waals surface area contributed by atoms with E-state index in [-0.39, 0.29) is 23.0 Å². The van der Waals surface area contributed by atoms with Crippen molar-refractivity contribution in [1.82, 2.24) is 4.98 Å². The first-order chi connectivity index (χ1) is 15.7. The molecule has 2 unspecified atom stereocenters. The highest BCUT2D eigenvalue weighted by Crippen LogP contribution is 2.41. The molecule has 0 saturated carbocycles. The summed E-state index contributed by atoms with van der Waals surface area (Å²) in [7, 11) is 1.66. The van der Waals surface area contributed by atoms with Crippen LogP contribution in [-0.4, -0.2) is 22.9 Å². The first-order valence-electron chi connectivity index (χ1n) is 10.8. The summed E-state index contributed by atoms with van der Waals surface area (Å²) in [5.41, 5.74) is 1.97. The van der Waals surface area contributed by atoms with E-state index in [2.05, 4.69) is 33.8 Å². The van der Waals surface area contributed by atoms with Crippen LogP contribution >= 0.6 is 0 Å². The number of nitrogens with zero attached hydrogens (tertiary/aromatic N) is 3. The number of anilines is 1. The van der Waals surface area contributed by atoms with Crippen molar-refractivity contribution in [2.45, 2.75) is 24.7 Å². The Kier molecular flexibility index (Phi) is 6.77. The van der Waals surface area contributed by atoms with Crippen LogP contribution in [-0.2, 0) is 13.0 Å². The third-order valence-electron chi connectivity index (χ3n) is 6.10. The molecule has 2 heterocycles. The first kappa shape index (κ1) is 23.0. The summed E-state index contributed by atoms with van der Waals surface area (Å²) in [6.07, 6.45) is 4.24. The molecular formula is C27H26BrN3O2. The molecule has 1 aromatic heterocycles. The maximum Gasteiger partial charge on any atom is 0.397 e. The van der Waals surface area contributed by atoms with Gasteiger partial charge in [-0.1, -0.05) is 77.8 Å². The van der Waals surface area contributed by atoms with Crippen molar-refractivity contribution in [2.75, 3.05) is 12.0 Å². The van der Waals surface area contributed by atoms with Crippen molar-refractivity contribution < 1.29 is 31.4 Å². The maximum absolute atomic E-state index is 12.5. The second kappa shape index (κ2) is 9.73. The van der Waals surface area contributed by atoms with Gasteiger partial charge in [0.25, 0.3) is 0 Å². The quantitative estimate of drug-likeness (QED) is 0.397. The van der Waals surface area contributed by atoms with E-state index >= 15 is 0 Å². The molecule has 1 N–H and O–H groups in total. The third-order valence-corrected chi connectivity index (χ3v) is 6.10. The van der Waals surface area contributed by atoms with E-state index in [1.165, 1.54) is 0 Å². The fraction of sp³-hybridized carbons (Fsp3) is 0.185. The van der Waals surface area contributed by atoms with E-state index in [9.17, 15) is 5.11 Å². The Hall–Kier alpha value is -3.22. The van der Waals surface area contributed by atoms with Gasteiger partial charge in [-0.05, 0) is 28.8 Å². The molecule has 1 aliphatic rings. The van der Waals surface area contributed by atoms with Crippen LogP contribution in [0.1, 0.15) is 22.7 Å². The maximum atomic E-state index is 12.5. The molecule has 0 spiro atoms. The highest BCUT2D eigenvalue weighted by Gasteiger charge is 2.58. The molecule has 0 saturated heterocycles. The Morgan fingerprint density at radius 3 is 2.18 bits per heavy atom.